The van der Waals surface area contributed by atoms with Crippen molar-refractivity contribution < 1.29 is 8.42 Å². The second kappa shape index (κ2) is 4.35. The summed E-state index contributed by atoms with van der Waals surface area (Å²) in [5.74, 6) is 0.317. The maximum atomic E-state index is 12.3. The lowest BCUT2D eigenvalue weighted by Gasteiger charge is -2.09. The quantitative estimate of drug-likeness (QED) is 0.901. The van der Waals surface area contributed by atoms with E-state index in [0.717, 1.165) is 31.4 Å². The van der Waals surface area contributed by atoms with Gasteiger partial charge in [-0.25, -0.2) is 13.1 Å². The van der Waals surface area contributed by atoms with Crippen molar-refractivity contribution in [3.63, 3.8) is 0 Å². The van der Waals surface area contributed by atoms with Gasteiger partial charge in [-0.2, -0.15) is 5.10 Å². The molecule has 0 spiro atoms. The fourth-order valence-corrected chi connectivity index (χ4v) is 4.23. The molecular formula is C12H19N3O2S. The number of rotatable bonds is 4. The average molecular weight is 269 g/mol. The smallest absolute Gasteiger partial charge is 0.244 e. The summed E-state index contributed by atoms with van der Waals surface area (Å²) in [6, 6.07) is 0.145. The van der Waals surface area contributed by atoms with Crippen molar-refractivity contribution in [3.8, 4) is 0 Å². The fraction of sp³-hybridized carbons (Fsp3) is 0.750. The molecule has 1 N–H and O–H groups in total. The van der Waals surface area contributed by atoms with Crippen molar-refractivity contribution in [1.29, 1.82) is 0 Å². The molecule has 0 saturated heterocycles. The minimum absolute atomic E-state index is 0.145. The van der Waals surface area contributed by atoms with E-state index in [0.29, 0.717) is 10.8 Å². The molecule has 0 atom stereocenters. The zero-order chi connectivity index (χ0) is 12.8. The molecule has 1 heterocycles. The van der Waals surface area contributed by atoms with Crippen LogP contribution in [0.5, 0.6) is 0 Å². The predicted octanol–water partition coefficient (Wildman–Crippen LogP) is 1.52. The molecule has 5 nitrogen and oxygen atoms in total. The highest BCUT2D eigenvalue weighted by Crippen LogP contribution is 2.36. The van der Waals surface area contributed by atoms with Gasteiger partial charge in [-0.3, -0.25) is 4.68 Å². The third kappa shape index (κ3) is 2.31. The van der Waals surface area contributed by atoms with E-state index in [9.17, 15) is 8.42 Å². The van der Waals surface area contributed by atoms with E-state index in [-0.39, 0.29) is 6.04 Å². The standard InChI is InChI=1S/C12H19N3O2S/c1-15-8-11(18(16,17)14-10-6-7-10)12(13-15)9-4-2-3-5-9/h8-10,14H,2-7H2,1H3. The molecule has 1 aromatic rings. The third-order valence-electron chi connectivity index (χ3n) is 3.75. The molecule has 6 heteroatoms. The molecule has 18 heavy (non-hydrogen) atoms. The highest BCUT2D eigenvalue weighted by molar-refractivity contribution is 7.89. The first-order valence-corrected chi connectivity index (χ1v) is 8.10. The molecule has 2 aliphatic rings. The molecule has 2 fully saturated rings. The summed E-state index contributed by atoms with van der Waals surface area (Å²) in [5.41, 5.74) is 0.767. The Morgan fingerprint density at radius 2 is 1.94 bits per heavy atom. The zero-order valence-electron chi connectivity index (χ0n) is 10.6. The topological polar surface area (TPSA) is 64.0 Å². The van der Waals surface area contributed by atoms with Crippen molar-refractivity contribution in [1.82, 2.24) is 14.5 Å². The Labute approximate surface area is 108 Å². The second-order valence-electron chi connectivity index (χ2n) is 5.43. The van der Waals surface area contributed by atoms with E-state index in [1.54, 1.807) is 17.9 Å². The van der Waals surface area contributed by atoms with E-state index in [4.69, 9.17) is 0 Å². The van der Waals surface area contributed by atoms with E-state index >= 15 is 0 Å². The summed E-state index contributed by atoms with van der Waals surface area (Å²) < 4.78 is 29.0. The van der Waals surface area contributed by atoms with Gasteiger partial charge in [0.1, 0.15) is 4.90 Å². The van der Waals surface area contributed by atoms with E-state index in [1.807, 2.05) is 0 Å². The van der Waals surface area contributed by atoms with Crippen LogP contribution in [0.25, 0.3) is 0 Å². The molecular weight excluding hydrogens is 250 g/mol. The third-order valence-corrected chi connectivity index (χ3v) is 5.29. The predicted molar refractivity (Wildman–Crippen MR) is 67.8 cm³/mol. The first-order valence-electron chi connectivity index (χ1n) is 6.62. The number of aryl methyl sites for hydroxylation is 1. The Balaban J connectivity index is 1.94. The Hall–Kier alpha value is -0.880. The summed E-state index contributed by atoms with van der Waals surface area (Å²) >= 11 is 0. The van der Waals surface area contributed by atoms with Gasteiger partial charge < -0.3 is 0 Å². The Bertz CT molecular complexity index is 540. The van der Waals surface area contributed by atoms with Gasteiger partial charge in [0.2, 0.25) is 10.0 Å². The molecule has 2 saturated carbocycles. The van der Waals surface area contributed by atoms with Gasteiger partial charge in [0.25, 0.3) is 0 Å². The maximum Gasteiger partial charge on any atom is 0.244 e. The highest BCUT2D eigenvalue weighted by atomic mass is 32.2. The van der Waals surface area contributed by atoms with Gasteiger partial charge in [0, 0.05) is 25.2 Å². The summed E-state index contributed by atoms with van der Waals surface area (Å²) in [6.45, 7) is 0. The number of hydrogen-bond donors (Lipinski definition) is 1. The molecule has 0 amide bonds. The van der Waals surface area contributed by atoms with Gasteiger partial charge in [-0.15, -0.1) is 0 Å². The van der Waals surface area contributed by atoms with E-state index in [1.165, 1.54) is 12.8 Å². The van der Waals surface area contributed by atoms with Crippen molar-refractivity contribution in [2.75, 3.05) is 0 Å². The van der Waals surface area contributed by atoms with Gasteiger partial charge >= 0.3 is 0 Å². The van der Waals surface area contributed by atoms with E-state index in [2.05, 4.69) is 9.82 Å². The molecule has 2 aliphatic carbocycles. The molecule has 3 rings (SSSR count). The lowest BCUT2D eigenvalue weighted by molar-refractivity contribution is 0.576. The normalized spacial score (nSPS) is 21.6. The molecule has 0 aliphatic heterocycles. The van der Waals surface area contributed by atoms with Crippen LogP contribution in [0.15, 0.2) is 11.1 Å². The van der Waals surface area contributed by atoms with Crippen molar-refractivity contribution in [2.45, 2.75) is 55.4 Å². The van der Waals surface area contributed by atoms with E-state index < -0.39 is 10.0 Å². The first-order chi connectivity index (χ1) is 8.56. The lowest BCUT2D eigenvalue weighted by Crippen LogP contribution is -2.26. The summed E-state index contributed by atoms with van der Waals surface area (Å²) in [6.07, 6.45) is 8.02. The van der Waals surface area contributed by atoms with Crippen molar-refractivity contribution >= 4 is 10.0 Å². The van der Waals surface area contributed by atoms with Gasteiger partial charge in [0.05, 0.1) is 5.69 Å². The van der Waals surface area contributed by atoms with Crippen LogP contribution < -0.4 is 4.72 Å². The highest BCUT2D eigenvalue weighted by Gasteiger charge is 2.33. The average Bonchev–Trinajstić information content (AvgIpc) is 2.83. The fourth-order valence-electron chi connectivity index (χ4n) is 2.66. The number of nitrogens with zero attached hydrogens (tertiary/aromatic N) is 2. The van der Waals surface area contributed by atoms with Crippen molar-refractivity contribution in [2.24, 2.45) is 7.05 Å². The van der Waals surface area contributed by atoms with Gasteiger partial charge in [0.15, 0.2) is 0 Å². The number of nitrogens with one attached hydrogen (secondary N) is 1. The van der Waals surface area contributed by atoms with Crippen LogP contribution in [0.1, 0.15) is 50.1 Å². The Morgan fingerprint density at radius 1 is 1.28 bits per heavy atom. The Kier molecular flexibility index (Phi) is 2.94. The molecule has 1 aromatic heterocycles. The van der Waals surface area contributed by atoms with Crippen LogP contribution >= 0.6 is 0 Å². The van der Waals surface area contributed by atoms with Gasteiger partial charge in [-0.1, -0.05) is 12.8 Å². The molecule has 0 aromatic carbocycles. The van der Waals surface area contributed by atoms with Gasteiger partial charge in [-0.05, 0) is 25.7 Å². The number of hydrogen-bond acceptors (Lipinski definition) is 3. The largest absolute Gasteiger partial charge is 0.274 e. The number of sulfonamides is 1. The minimum Gasteiger partial charge on any atom is -0.274 e. The SMILES string of the molecule is Cn1cc(S(=O)(=O)NC2CC2)c(C2CCCC2)n1. The zero-order valence-corrected chi connectivity index (χ0v) is 11.4. The maximum absolute atomic E-state index is 12.3. The number of aromatic nitrogens is 2. The first kappa shape index (κ1) is 12.2. The molecule has 0 unspecified atom stereocenters. The monoisotopic (exact) mass is 269 g/mol. The second-order valence-corrected chi connectivity index (χ2v) is 7.11. The minimum atomic E-state index is -3.38. The lowest BCUT2D eigenvalue weighted by atomic mass is 10.1. The van der Waals surface area contributed by atoms with Crippen LogP contribution in [0, 0.1) is 0 Å². The molecule has 100 valence electrons. The van der Waals surface area contributed by atoms with Crippen LogP contribution in [-0.2, 0) is 17.1 Å². The summed E-state index contributed by atoms with van der Waals surface area (Å²) in [4.78, 5) is 0.392. The Morgan fingerprint density at radius 3 is 2.56 bits per heavy atom. The molecule has 0 radical (unpaired) electrons. The summed E-state index contributed by atoms with van der Waals surface area (Å²) in [7, 11) is -1.59. The van der Waals surface area contributed by atoms with Crippen LogP contribution in [-0.4, -0.2) is 24.2 Å². The van der Waals surface area contributed by atoms with Crippen molar-refractivity contribution in [3.05, 3.63) is 11.9 Å². The molecule has 0 bridgehead atoms. The summed E-state index contributed by atoms with van der Waals surface area (Å²) in [5, 5.41) is 4.38. The van der Waals surface area contributed by atoms with Crippen LogP contribution in [0.3, 0.4) is 0 Å². The van der Waals surface area contributed by atoms with Crippen LogP contribution in [0.4, 0.5) is 0 Å². The van der Waals surface area contributed by atoms with Crippen LogP contribution in [0.2, 0.25) is 0 Å².